The van der Waals surface area contributed by atoms with E-state index in [0.29, 0.717) is 30.1 Å². The van der Waals surface area contributed by atoms with Crippen molar-refractivity contribution in [3.05, 3.63) is 54.1 Å². The highest BCUT2D eigenvalue weighted by molar-refractivity contribution is 7.89. The molecule has 0 aromatic heterocycles. The van der Waals surface area contributed by atoms with Crippen molar-refractivity contribution in [1.29, 1.82) is 0 Å². The first-order valence-corrected chi connectivity index (χ1v) is 11.0. The van der Waals surface area contributed by atoms with Gasteiger partial charge in [0.05, 0.1) is 4.90 Å². The van der Waals surface area contributed by atoms with Crippen LogP contribution in [0.3, 0.4) is 0 Å². The van der Waals surface area contributed by atoms with Gasteiger partial charge in [-0.1, -0.05) is 38.1 Å². The summed E-state index contributed by atoms with van der Waals surface area (Å²) in [7, 11) is -3.67. The molecule has 0 aliphatic heterocycles. The molecule has 0 atom stereocenters. The van der Waals surface area contributed by atoms with Crippen molar-refractivity contribution in [2.75, 3.05) is 31.6 Å². The molecule has 0 saturated heterocycles. The molecule has 30 heavy (non-hydrogen) atoms. The smallest absolute Gasteiger partial charge is 0.344 e. The molecule has 1 N–H and O–H groups in total. The van der Waals surface area contributed by atoms with Crippen molar-refractivity contribution < 1.29 is 27.5 Å². The van der Waals surface area contributed by atoms with Crippen molar-refractivity contribution >= 4 is 27.6 Å². The van der Waals surface area contributed by atoms with Crippen molar-refractivity contribution in [3.8, 4) is 5.75 Å². The minimum atomic E-state index is -3.67. The van der Waals surface area contributed by atoms with E-state index in [0.717, 1.165) is 0 Å². The zero-order valence-electron chi connectivity index (χ0n) is 17.3. The fourth-order valence-corrected chi connectivity index (χ4v) is 4.41. The summed E-state index contributed by atoms with van der Waals surface area (Å²) in [4.78, 5) is 23.9. The van der Waals surface area contributed by atoms with Gasteiger partial charge in [0.2, 0.25) is 10.0 Å². The van der Waals surface area contributed by atoms with E-state index >= 15 is 0 Å². The SMILES string of the molecule is CCN(CC)S(=O)(=O)c1cc(NC(=O)COC(=O)COc2ccccc2)ccc1C. The van der Waals surface area contributed by atoms with Crippen molar-refractivity contribution in [3.63, 3.8) is 0 Å². The Morgan fingerprint density at radius 1 is 1.00 bits per heavy atom. The number of nitrogens with zero attached hydrogens (tertiary/aromatic N) is 1. The van der Waals surface area contributed by atoms with Gasteiger partial charge in [-0.05, 0) is 36.8 Å². The van der Waals surface area contributed by atoms with E-state index in [1.807, 2.05) is 6.07 Å². The Balaban J connectivity index is 1.94. The molecule has 0 saturated carbocycles. The Hall–Kier alpha value is -2.91. The van der Waals surface area contributed by atoms with Crippen molar-refractivity contribution in [2.24, 2.45) is 0 Å². The van der Waals surface area contributed by atoms with Gasteiger partial charge >= 0.3 is 5.97 Å². The molecular formula is C21H26N2O6S. The zero-order chi connectivity index (χ0) is 22.1. The number of nitrogens with one attached hydrogen (secondary N) is 1. The largest absolute Gasteiger partial charge is 0.482 e. The van der Waals surface area contributed by atoms with Gasteiger partial charge in [-0.15, -0.1) is 0 Å². The third-order valence-electron chi connectivity index (χ3n) is 4.26. The molecule has 0 unspecified atom stereocenters. The van der Waals surface area contributed by atoms with E-state index in [9.17, 15) is 18.0 Å². The molecule has 2 aromatic carbocycles. The molecule has 8 nitrogen and oxygen atoms in total. The minimum Gasteiger partial charge on any atom is -0.482 e. The van der Waals surface area contributed by atoms with Gasteiger partial charge in [-0.25, -0.2) is 13.2 Å². The van der Waals surface area contributed by atoms with E-state index in [2.05, 4.69) is 5.32 Å². The van der Waals surface area contributed by atoms with Crippen LogP contribution in [0.25, 0.3) is 0 Å². The van der Waals surface area contributed by atoms with Crippen LogP contribution in [-0.4, -0.2) is 50.9 Å². The number of benzene rings is 2. The lowest BCUT2D eigenvalue weighted by atomic mass is 10.2. The maximum atomic E-state index is 12.8. The highest BCUT2D eigenvalue weighted by atomic mass is 32.2. The van der Waals surface area contributed by atoms with E-state index < -0.39 is 28.5 Å². The fraction of sp³-hybridized carbons (Fsp3) is 0.333. The van der Waals surface area contributed by atoms with Crippen LogP contribution in [0.1, 0.15) is 19.4 Å². The Labute approximate surface area is 176 Å². The van der Waals surface area contributed by atoms with E-state index in [1.54, 1.807) is 57.2 Å². The summed E-state index contributed by atoms with van der Waals surface area (Å²) in [5, 5.41) is 2.55. The number of rotatable bonds is 10. The summed E-state index contributed by atoms with van der Waals surface area (Å²) >= 11 is 0. The quantitative estimate of drug-likeness (QED) is 0.577. The highest BCUT2D eigenvalue weighted by Crippen LogP contribution is 2.23. The number of esters is 1. The van der Waals surface area contributed by atoms with Crippen LogP contribution in [0.15, 0.2) is 53.4 Å². The number of amides is 1. The number of anilines is 1. The van der Waals surface area contributed by atoms with Crippen LogP contribution >= 0.6 is 0 Å². The number of sulfonamides is 1. The number of carbonyl (C=O) groups excluding carboxylic acids is 2. The number of aryl methyl sites for hydroxylation is 1. The first kappa shape index (κ1) is 23.4. The van der Waals surface area contributed by atoms with Gasteiger partial charge in [-0.2, -0.15) is 4.31 Å². The Kier molecular flexibility index (Phi) is 8.37. The van der Waals surface area contributed by atoms with Gasteiger partial charge < -0.3 is 14.8 Å². The maximum absolute atomic E-state index is 12.8. The number of hydrogen-bond donors (Lipinski definition) is 1. The molecule has 0 aliphatic rings. The summed E-state index contributed by atoms with van der Waals surface area (Å²) in [5.41, 5.74) is 0.873. The summed E-state index contributed by atoms with van der Waals surface area (Å²) < 4.78 is 37.1. The number of para-hydroxylation sites is 1. The monoisotopic (exact) mass is 434 g/mol. The second kappa shape index (κ2) is 10.7. The molecule has 9 heteroatoms. The van der Waals surface area contributed by atoms with Gasteiger partial charge in [0.15, 0.2) is 13.2 Å². The van der Waals surface area contributed by atoms with Crippen molar-refractivity contribution in [2.45, 2.75) is 25.7 Å². The predicted octanol–water partition coefficient (Wildman–Crippen LogP) is 2.59. The average molecular weight is 435 g/mol. The summed E-state index contributed by atoms with van der Waals surface area (Å²) in [6.07, 6.45) is 0. The Bertz CT molecular complexity index is 972. The molecule has 162 valence electrons. The van der Waals surface area contributed by atoms with Crippen LogP contribution in [0, 0.1) is 6.92 Å². The molecule has 2 aromatic rings. The lowest BCUT2D eigenvalue weighted by molar-refractivity contribution is -0.149. The second-order valence-corrected chi connectivity index (χ2v) is 8.29. The molecule has 0 fully saturated rings. The molecule has 0 aliphatic carbocycles. The highest BCUT2D eigenvalue weighted by Gasteiger charge is 2.24. The molecule has 1 amide bonds. The topological polar surface area (TPSA) is 102 Å². The lowest BCUT2D eigenvalue weighted by Gasteiger charge is -2.20. The second-order valence-electron chi connectivity index (χ2n) is 6.38. The molecule has 0 spiro atoms. The van der Waals surface area contributed by atoms with Gasteiger partial charge in [-0.3, -0.25) is 4.79 Å². The summed E-state index contributed by atoms with van der Waals surface area (Å²) in [6, 6.07) is 13.4. The van der Waals surface area contributed by atoms with Crippen LogP contribution < -0.4 is 10.1 Å². The Morgan fingerprint density at radius 3 is 2.30 bits per heavy atom. The molecule has 0 heterocycles. The lowest BCUT2D eigenvalue weighted by Crippen LogP contribution is -2.31. The third-order valence-corrected chi connectivity index (χ3v) is 6.45. The molecule has 2 rings (SSSR count). The van der Waals surface area contributed by atoms with Gasteiger partial charge in [0.25, 0.3) is 5.91 Å². The number of ether oxygens (including phenoxy) is 2. The standard InChI is InChI=1S/C21H26N2O6S/c1-4-23(5-2)30(26,27)19-13-17(12-11-16(19)3)22-20(24)14-29-21(25)15-28-18-9-7-6-8-10-18/h6-13H,4-5,14-15H2,1-3H3,(H,22,24). The van der Waals surface area contributed by atoms with E-state index in [4.69, 9.17) is 9.47 Å². The Morgan fingerprint density at radius 2 is 1.67 bits per heavy atom. The maximum Gasteiger partial charge on any atom is 0.344 e. The summed E-state index contributed by atoms with van der Waals surface area (Å²) in [5.74, 6) is -0.763. The van der Waals surface area contributed by atoms with E-state index in [1.165, 1.54) is 10.4 Å². The van der Waals surface area contributed by atoms with Crippen LogP contribution in [0.4, 0.5) is 5.69 Å². The number of carbonyl (C=O) groups is 2. The predicted molar refractivity (Wildman–Crippen MR) is 113 cm³/mol. The van der Waals surface area contributed by atoms with Crippen LogP contribution in [0.5, 0.6) is 5.75 Å². The zero-order valence-corrected chi connectivity index (χ0v) is 18.1. The van der Waals surface area contributed by atoms with Crippen LogP contribution in [0.2, 0.25) is 0 Å². The van der Waals surface area contributed by atoms with Gasteiger partial charge in [0.1, 0.15) is 5.75 Å². The van der Waals surface area contributed by atoms with E-state index in [-0.39, 0.29) is 11.5 Å². The van der Waals surface area contributed by atoms with Crippen molar-refractivity contribution in [1.82, 2.24) is 4.31 Å². The molecule has 0 radical (unpaired) electrons. The third kappa shape index (κ3) is 6.30. The first-order chi connectivity index (χ1) is 14.3. The molecular weight excluding hydrogens is 408 g/mol. The first-order valence-electron chi connectivity index (χ1n) is 9.52. The molecule has 0 bridgehead atoms. The normalized spacial score (nSPS) is 11.2. The average Bonchev–Trinajstić information content (AvgIpc) is 2.73. The fourth-order valence-electron chi connectivity index (χ4n) is 2.70. The number of hydrogen-bond acceptors (Lipinski definition) is 6. The van der Waals surface area contributed by atoms with Crippen LogP contribution in [-0.2, 0) is 24.3 Å². The minimum absolute atomic E-state index is 0.122. The summed E-state index contributed by atoms with van der Waals surface area (Å²) in [6.45, 7) is 5.06. The van der Waals surface area contributed by atoms with Gasteiger partial charge in [0, 0.05) is 18.8 Å².